The summed E-state index contributed by atoms with van der Waals surface area (Å²) in [6.07, 6.45) is -1.68. The predicted molar refractivity (Wildman–Crippen MR) is 120 cm³/mol. The Labute approximate surface area is 191 Å². The molecule has 2 N–H and O–H groups in total. The van der Waals surface area contributed by atoms with Crippen LogP contribution in [0.15, 0.2) is 65.7 Å². The molecule has 0 radical (unpaired) electrons. The Morgan fingerprint density at radius 2 is 1.88 bits per heavy atom. The van der Waals surface area contributed by atoms with Crippen molar-refractivity contribution < 1.29 is 23.1 Å². The largest absolute Gasteiger partial charge is 0.476 e. The number of aromatic nitrogens is 3. The molecule has 2 aromatic carbocycles. The van der Waals surface area contributed by atoms with Gasteiger partial charge in [0.15, 0.2) is 5.69 Å². The number of hydrogen-bond donors (Lipinski definition) is 2. The smallest absolute Gasteiger partial charge is 0.416 e. The van der Waals surface area contributed by atoms with Gasteiger partial charge in [-0.3, -0.25) is 9.78 Å². The van der Waals surface area contributed by atoms with Crippen molar-refractivity contribution in [3.63, 3.8) is 0 Å². The van der Waals surface area contributed by atoms with E-state index in [1.54, 1.807) is 19.2 Å². The van der Waals surface area contributed by atoms with Crippen LogP contribution >= 0.6 is 0 Å². The van der Waals surface area contributed by atoms with Gasteiger partial charge in [0.05, 0.1) is 17.4 Å². The molecule has 7 nitrogen and oxygen atoms in total. The number of fused-ring (bicyclic) bond motifs is 1. The molecule has 0 aliphatic carbocycles. The second-order valence-electron chi connectivity index (χ2n) is 7.54. The number of nitrogens with one attached hydrogen (secondary N) is 1. The van der Waals surface area contributed by atoms with Gasteiger partial charge in [-0.1, -0.05) is 42.5 Å². The lowest BCUT2D eigenvalue weighted by Crippen LogP contribution is -2.29. The van der Waals surface area contributed by atoms with E-state index < -0.39 is 29.0 Å². The van der Waals surface area contributed by atoms with Gasteiger partial charge >= 0.3 is 12.1 Å². The fourth-order valence-corrected chi connectivity index (χ4v) is 3.70. The first kappa shape index (κ1) is 23.0. The van der Waals surface area contributed by atoms with E-state index >= 15 is 0 Å². The van der Waals surface area contributed by atoms with E-state index in [2.05, 4.69) is 15.4 Å². The van der Waals surface area contributed by atoms with Crippen LogP contribution in [0.25, 0.3) is 10.8 Å². The number of rotatable bonds is 6. The van der Waals surface area contributed by atoms with Gasteiger partial charge < -0.3 is 10.4 Å². The lowest BCUT2D eigenvalue weighted by Gasteiger charge is -2.17. The summed E-state index contributed by atoms with van der Waals surface area (Å²) in [6.45, 7) is 1.74. The van der Waals surface area contributed by atoms with Crippen LogP contribution in [0.3, 0.4) is 0 Å². The van der Waals surface area contributed by atoms with Crippen LogP contribution in [0.4, 0.5) is 24.5 Å². The van der Waals surface area contributed by atoms with E-state index in [0.29, 0.717) is 5.69 Å². The molecule has 4 aromatic rings. The number of benzene rings is 2. The van der Waals surface area contributed by atoms with Crippen LogP contribution in [0.1, 0.15) is 34.1 Å². The first-order chi connectivity index (χ1) is 16.2. The number of halogens is 3. The molecule has 0 unspecified atom stereocenters. The standard InChI is InChI=1S/C24H19F3N4O3/c1-2-31-22(32)20(29-19-13-28-12-15-7-3-4-9-17(15)19)18(21(30-31)23(33)34)11-14-6-5-8-16(10-14)24(25,26)27/h3-10,12-13,29H,2,11H2,1H3,(H,33,34). The third-order valence-electron chi connectivity index (χ3n) is 5.32. The minimum atomic E-state index is -4.56. The molecule has 10 heteroatoms. The van der Waals surface area contributed by atoms with Crippen LogP contribution in [0, 0.1) is 0 Å². The Morgan fingerprint density at radius 1 is 1.12 bits per heavy atom. The highest BCUT2D eigenvalue weighted by Crippen LogP contribution is 2.31. The van der Waals surface area contributed by atoms with Gasteiger partial charge in [0.2, 0.25) is 0 Å². The number of carboxylic acids is 1. The first-order valence-corrected chi connectivity index (χ1v) is 10.3. The average molecular weight is 468 g/mol. The third kappa shape index (κ3) is 4.47. The molecule has 0 aliphatic heterocycles. The Morgan fingerprint density at radius 3 is 2.59 bits per heavy atom. The summed E-state index contributed by atoms with van der Waals surface area (Å²) in [4.78, 5) is 29.4. The van der Waals surface area contributed by atoms with Crippen molar-refractivity contribution in [2.75, 3.05) is 5.32 Å². The summed E-state index contributed by atoms with van der Waals surface area (Å²) in [7, 11) is 0. The average Bonchev–Trinajstić information content (AvgIpc) is 2.81. The van der Waals surface area contributed by atoms with Gasteiger partial charge in [-0.2, -0.15) is 18.3 Å². The quantitative estimate of drug-likeness (QED) is 0.419. The summed E-state index contributed by atoms with van der Waals surface area (Å²) in [5.41, 5.74) is -1.35. The number of alkyl halides is 3. The Bertz CT molecular complexity index is 1440. The van der Waals surface area contributed by atoms with Crippen molar-refractivity contribution >= 4 is 28.1 Å². The monoisotopic (exact) mass is 468 g/mol. The van der Waals surface area contributed by atoms with Crippen molar-refractivity contribution in [1.29, 1.82) is 0 Å². The maximum atomic E-state index is 13.2. The van der Waals surface area contributed by atoms with Crippen LogP contribution in [-0.4, -0.2) is 25.8 Å². The minimum Gasteiger partial charge on any atom is -0.476 e. The van der Waals surface area contributed by atoms with Gasteiger partial charge in [0, 0.05) is 35.5 Å². The van der Waals surface area contributed by atoms with Crippen LogP contribution < -0.4 is 10.9 Å². The van der Waals surface area contributed by atoms with Crippen LogP contribution in [0.2, 0.25) is 0 Å². The molecule has 0 atom stereocenters. The fraction of sp³-hybridized carbons (Fsp3) is 0.167. The maximum absolute atomic E-state index is 13.2. The molecule has 2 aromatic heterocycles. The second kappa shape index (κ2) is 8.97. The predicted octanol–water partition coefficient (Wildman–Crippen LogP) is 4.86. The lowest BCUT2D eigenvalue weighted by molar-refractivity contribution is -0.137. The van der Waals surface area contributed by atoms with E-state index in [9.17, 15) is 27.9 Å². The zero-order valence-electron chi connectivity index (χ0n) is 17.9. The molecule has 0 bridgehead atoms. The van der Waals surface area contributed by atoms with E-state index in [1.807, 2.05) is 18.2 Å². The number of carboxylic acid groups (broad SMARTS) is 1. The normalized spacial score (nSPS) is 11.5. The highest BCUT2D eigenvalue weighted by Gasteiger charge is 2.31. The molecule has 0 saturated heterocycles. The molecule has 0 aliphatic rings. The van der Waals surface area contributed by atoms with Gasteiger partial charge in [0.1, 0.15) is 5.69 Å². The highest BCUT2D eigenvalue weighted by atomic mass is 19.4. The zero-order valence-corrected chi connectivity index (χ0v) is 17.9. The maximum Gasteiger partial charge on any atom is 0.416 e. The topological polar surface area (TPSA) is 97.1 Å². The van der Waals surface area contributed by atoms with Crippen LogP contribution in [0.5, 0.6) is 0 Å². The Kier molecular flexibility index (Phi) is 6.06. The highest BCUT2D eigenvalue weighted by molar-refractivity contribution is 5.95. The molecule has 34 heavy (non-hydrogen) atoms. The molecular formula is C24H19F3N4O3. The van der Waals surface area contributed by atoms with Crippen LogP contribution in [-0.2, 0) is 19.1 Å². The molecule has 0 saturated carbocycles. The minimum absolute atomic E-state index is 0.0190. The van der Waals surface area contributed by atoms with Crippen molar-refractivity contribution in [3.05, 3.63) is 93.7 Å². The molecule has 174 valence electrons. The Balaban J connectivity index is 1.91. The van der Waals surface area contributed by atoms with Crippen molar-refractivity contribution in [2.24, 2.45) is 0 Å². The molecular weight excluding hydrogens is 449 g/mol. The molecule has 2 heterocycles. The number of nitrogens with zero attached hydrogens (tertiary/aromatic N) is 3. The summed E-state index contributed by atoms with van der Waals surface area (Å²) in [5.74, 6) is -1.40. The number of pyridine rings is 1. The second-order valence-corrected chi connectivity index (χ2v) is 7.54. The van der Waals surface area contributed by atoms with E-state index in [-0.39, 0.29) is 29.8 Å². The number of carbonyl (C=O) groups is 1. The molecule has 4 rings (SSSR count). The fourth-order valence-electron chi connectivity index (χ4n) is 3.70. The van der Waals surface area contributed by atoms with E-state index in [0.717, 1.165) is 27.6 Å². The lowest BCUT2D eigenvalue weighted by atomic mass is 10.00. The summed E-state index contributed by atoms with van der Waals surface area (Å²) >= 11 is 0. The van der Waals surface area contributed by atoms with E-state index in [4.69, 9.17) is 0 Å². The summed E-state index contributed by atoms with van der Waals surface area (Å²) in [5, 5.41) is 18.3. The van der Waals surface area contributed by atoms with Crippen molar-refractivity contribution in [3.8, 4) is 0 Å². The summed E-state index contributed by atoms with van der Waals surface area (Å²) in [6, 6.07) is 11.8. The first-order valence-electron chi connectivity index (χ1n) is 10.3. The van der Waals surface area contributed by atoms with E-state index in [1.165, 1.54) is 18.3 Å². The number of anilines is 2. The molecule has 0 amide bonds. The van der Waals surface area contributed by atoms with Gasteiger partial charge in [-0.15, -0.1) is 0 Å². The molecule has 0 fully saturated rings. The number of aromatic carboxylic acids is 1. The van der Waals surface area contributed by atoms with Crippen molar-refractivity contribution in [1.82, 2.24) is 14.8 Å². The summed E-state index contributed by atoms with van der Waals surface area (Å²) < 4.78 is 40.6. The zero-order chi connectivity index (χ0) is 24.5. The SMILES string of the molecule is CCn1nc(C(=O)O)c(Cc2cccc(C(F)(F)F)c2)c(Nc2cncc3ccccc23)c1=O. The van der Waals surface area contributed by atoms with Gasteiger partial charge in [0.25, 0.3) is 5.56 Å². The third-order valence-corrected chi connectivity index (χ3v) is 5.32. The number of aryl methyl sites for hydroxylation is 1. The Hall–Kier alpha value is -4.21. The van der Waals surface area contributed by atoms with Gasteiger partial charge in [-0.05, 0) is 18.6 Å². The van der Waals surface area contributed by atoms with Gasteiger partial charge in [-0.25, -0.2) is 9.48 Å². The number of hydrogen-bond acceptors (Lipinski definition) is 5. The molecule has 0 spiro atoms. The van der Waals surface area contributed by atoms with Crippen molar-refractivity contribution in [2.45, 2.75) is 26.1 Å².